The number of nitrogens with two attached hydrogens (primary N) is 1. The minimum atomic E-state index is 0.732. The summed E-state index contributed by atoms with van der Waals surface area (Å²) in [4.78, 5) is 0. The molecule has 0 unspecified atom stereocenters. The van der Waals surface area contributed by atoms with Crippen molar-refractivity contribution < 1.29 is 0 Å². The Morgan fingerprint density at radius 3 is 2.47 bits per heavy atom. The Morgan fingerprint density at radius 1 is 1.12 bits per heavy atom. The van der Waals surface area contributed by atoms with Crippen molar-refractivity contribution in [2.24, 2.45) is 0 Å². The fraction of sp³-hybridized carbons (Fsp3) is 0.0769. The van der Waals surface area contributed by atoms with Gasteiger partial charge in [-0.2, -0.15) is 0 Å². The van der Waals surface area contributed by atoms with Gasteiger partial charge in [0.1, 0.15) is 0 Å². The van der Waals surface area contributed by atoms with Crippen LogP contribution in [0.3, 0.4) is 0 Å². The molecule has 2 nitrogen and oxygen atoms in total. The second kappa shape index (κ2) is 4.98. The molecule has 2 aromatic carbocycles. The molecule has 0 spiro atoms. The number of rotatable bonds is 2. The molecular weight excluding hydrogens is 300 g/mol. The highest BCUT2D eigenvalue weighted by molar-refractivity contribution is 9.10. The van der Waals surface area contributed by atoms with Gasteiger partial charge in [0.2, 0.25) is 0 Å². The molecular formula is C13H12BrClN2. The third kappa shape index (κ3) is 2.93. The molecule has 17 heavy (non-hydrogen) atoms. The van der Waals surface area contributed by atoms with Gasteiger partial charge in [-0.3, -0.25) is 0 Å². The third-order valence-corrected chi connectivity index (χ3v) is 3.34. The zero-order chi connectivity index (χ0) is 12.4. The smallest absolute Gasteiger partial charge is 0.0530 e. The van der Waals surface area contributed by atoms with Crippen LogP contribution < -0.4 is 11.1 Å². The van der Waals surface area contributed by atoms with Crippen LogP contribution in [-0.4, -0.2) is 0 Å². The molecule has 0 amide bonds. The number of hydrogen-bond donors (Lipinski definition) is 2. The van der Waals surface area contributed by atoms with Gasteiger partial charge in [0.15, 0.2) is 0 Å². The van der Waals surface area contributed by atoms with Gasteiger partial charge in [-0.15, -0.1) is 0 Å². The Kier molecular flexibility index (Phi) is 3.60. The molecule has 0 aliphatic rings. The maximum atomic E-state index is 5.92. The number of nitrogen functional groups attached to an aromatic ring is 1. The van der Waals surface area contributed by atoms with E-state index in [0.717, 1.165) is 32.1 Å². The normalized spacial score (nSPS) is 10.3. The van der Waals surface area contributed by atoms with E-state index >= 15 is 0 Å². The van der Waals surface area contributed by atoms with Crippen LogP contribution in [0, 0.1) is 6.92 Å². The molecule has 0 saturated heterocycles. The van der Waals surface area contributed by atoms with E-state index in [4.69, 9.17) is 17.3 Å². The Balaban J connectivity index is 2.31. The van der Waals surface area contributed by atoms with E-state index in [-0.39, 0.29) is 0 Å². The lowest BCUT2D eigenvalue weighted by Crippen LogP contribution is -1.95. The van der Waals surface area contributed by atoms with Crippen molar-refractivity contribution in [3.8, 4) is 0 Å². The van der Waals surface area contributed by atoms with Crippen LogP contribution in [0.15, 0.2) is 40.9 Å². The second-order valence-corrected chi connectivity index (χ2v) is 5.11. The standard InChI is InChI=1S/C13H12BrClN2/c1-8-6-9(15)2-4-12(8)17-13-5-3-10(16)7-11(13)14/h2-7,17H,16H2,1H3. The van der Waals surface area contributed by atoms with Gasteiger partial charge in [0.05, 0.1) is 5.69 Å². The summed E-state index contributed by atoms with van der Waals surface area (Å²) in [6.07, 6.45) is 0. The number of hydrogen-bond acceptors (Lipinski definition) is 2. The molecule has 0 radical (unpaired) electrons. The van der Waals surface area contributed by atoms with Crippen molar-refractivity contribution in [1.29, 1.82) is 0 Å². The fourth-order valence-corrected chi connectivity index (χ4v) is 2.27. The average molecular weight is 312 g/mol. The summed E-state index contributed by atoms with van der Waals surface area (Å²) >= 11 is 9.39. The summed E-state index contributed by atoms with van der Waals surface area (Å²) in [5.74, 6) is 0. The molecule has 0 aliphatic heterocycles. The fourth-order valence-electron chi connectivity index (χ4n) is 1.55. The largest absolute Gasteiger partial charge is 0.399 e. The van der Waals surface area contributed by atoms with Gasteiger partial charge < -0.3 is 11.1 Å². The number of nitrogens with one attached hydrogen (secondary N) is 1. The molecule has 4 heteroatoms. The predicted molar refractivity (Wildman–Crippen MR) is 78.0 cm³/mol. The number of halogens is 2. The third-order valence-electron chi connectivity index (χ3n) is 2.45. The van der Waals surface area contributed by atoms with Crippen LogP contribution in [-0.2, 0) is 0 Å². The second-order valence-electron chi connectivity index (χ2n) is 3.82. The molecule has 0 atom stereocenters. The minimum absolute atomic E-state index is 0.732. The molecule has 0 bridgehead atoms. The Morgan fingerprint density at radius 2 is 1.82 bits per heavy atom. The van der Waals surface area contributed by atoms with E-state index < -0.39 is 0 Å². The monoisotopic (exact) mass is 310 g/mol. The van der Waals surface area contributed by atoms with E-state index in [1.54, 1.807) is 0 Å². The lowest BCUT2D eigenvalue weighted by atomic mass is 10.2. The zero-order valence-corrected chi connectivity index (χ0v) is 11.6. The molecule has 0 aromatic heterocycles. The maximum absolute atomic E-state index is 5.92. The van der Waals surface area contributed by atoms with Crippen molar-refractivity contribution >= 4 is 44.6 Å². The number of benzene rings is 2. The van der Waals surface area contributed by atoms with Gasteiger partial charge in [0.25, 0.3) is 0 Å². The van der Waals surface area contributed by atoms with E-state index in [2.05, 4.69) is 21.2 Å². The van der Waals surface area contributed by atoms with Crippen LogP contribution in [0.1, 0.15) is 5.56 Å². The number of anilines is 3. The van der Waals surface area contributed by atoms with Crippen molar-refractivity contribution in [2.75, 3.05) is 11.1 Å². The van der Waals surface area contributed by atoms with Gasteiger partial charge >= 0.3 is 0 Å². The predicted octanol–water partition coefficient (Wildman–Crippen LogP) is 4.74. The first-order chi connectivity index (χ1) is 8.06. The highest BCUT2D eigenvalue weighted by atomic mass is 79.9. The lowest BCUT2D eigenvalue weighted by Gasteiger charge is -2.11. The van der Waals surface area contributed by atoms with E-state index in [1.807, 2.05) is 43.3 Å². The van der Waals surface area contributed by atoms with Crippen molar-refractivity contribution in [3.05, 3.63) is 51.5 Å². The highest BCUT2D eigenvalue weighted by Gasteiger charge is 2.03. The van der Waals surface area contributed by atoms with Crippen molar-refractivity contribution in [1.82, 2.24) is 0 Å². The summed E-state index contributed by atoms with van der Waals surface area (Å²) < 4.78 is 0.937. The quantitative estimate of drug-likeness (QED) is 0.786. The topological polar surface area (TPSA) is 38.0 Å². The first-order valence-corrected chi connectivity index (χ1v) is 6.31. The molecule has 2 rings (SSSR count). The Bertz CT molecular complexity index is 506. The summed E-state index contributed by atoms with van der Waals surface area (Å²) in [6.45, 7) is 2.01. The van der Waals surface area contributed by atoms with E-state index in [0.29, 0.717) is 0 Å². The molecule has 3 N–H and O–H groups in total. The van der Waals surface area contributed by atoms with Crippen LogP contribution in [0.25, 0.3) is 0 Å². The van der Waals surface area contributed by atoms with Gasteiger partial charge in [-0.05, 0) is 64.8 Å². The molecule has 88 valence electrons. The number of aryl methyl sites for hydroxylation is 1. The summed E-state index contributed by atoms with van der Waals surface area (Å²) in [7, 11) is 0. The SMILES string of the molecule is Cc1cc(Cl)ccc1Nc1ccc(N)cc1Br. The maximum Gasteiger partial charge on any atom is 0.0530 e. The van der Waals surface area contributed by atoms with E-state index in [1.165, 1.54) is 0 Å². The zero-order valence-electron chi connectivity index (χ0n) is 9.30. The van der Waals surface area contributed by atoms with Gasteiger partial charge in [-0.1, -0.05) is 11.6 Å². The van der Waals surface area contributed by atoms with E-state index in [9.17, 15) is 0 Å². The lowest BCUT2D eigenvalue weighted by molar-refractivity contribution is 1.42. The molecule has 0 heterocycles. The van der Waals surface area contributed by atoms with Crippen LogP contribution in [0.4, 0.5) is 17.1 Å². The molecule has 0 fully saturated rings. The minimum Gasteiger partial charge on any atom is -0.399 e. The van der Waals surface area contributed by atoms with Crippen LogP contribution >= 0.6 is 27.5 Å². The highest BCUT2D eigenvalue weighted by Crippen LogP contribution is 2.29. The molecule has 0 saturated carbocycles. The first-order valence-electron chi connectivity index (χ1n) is 5.14. The summed E-state index contributed by atoms with van der Waals surface area (Å²) in [6, 6.07) is 11.4. The molecule has 0 aliphatic carbocycles. The molecule has 2 aromatic rings. The van der Waals surface area contributed by atoms with Gasteiger partial charge in [-0.25, -0.2) is 0 Å². The Hall–Kier alpha value is -1.19. The van der Waals surface area contributed by atoms with Crippen LogP contribution in [0.5, 0.6) is 0 Å². The van der Waals surface area contributed by atoms with Gasteiger partial charge in [0, 0.05) is 20.9 Å². The van der Waals surface area contributed by atoms with Crippen molar-refractivity contribution in [3.63, 3.8) is 0 Å². The van der Waals surface area contributed by atoms with Crippen LogP contribution in [0.2, 0.25) is 5.02 Å². The first kappa shape index (κ1) is 12.3. The Labute approximate surface area is 114 Å². The summed E-state index contributed by atoms with van der Waals surface area (Å²) in [5, 5.41) is 4.07. The van der Waals surface area contributed by atoms with Crippen molar-refractivity contribution in [2.45, 2.75) is 6.92 Å². The average Bonchev–Trinajstić information content (AvgIpc) is 2.25. The summed E-state index contributed by atoms with van der Waals surface area (Å²) in [5.41, 5.74) is 9.53.